The number of nitrogens with one attached hydrogen (secondary N) is 1. The van der Waals surface area contributed by atoms with Crippen molar-refractivity contribution >= 4 is 0 Å². The molecule has 2 N–H and O–H groups in total. The van der Waals surface area contributed by atoms with Gasteiger partial charge in [-0.2, -0.15) is 0 Å². The van der Waals surface area contributed by atoms with Crippen LogP contribution < -0.4 is 5.32 Å². The Balaban J connectivity index is 2.65. The molecule has 0 aliphatic carbocycles. The second-order valence-corrected chi connectivity index (χ2v) is 2.53. The summed E-state index contributed by atoms with van der Waals surface area (Å²) in [5.74, 6) is 5.87. The molecule has 0 fully saturated rings. The molecule has 68 valence electrons. The van der Waals surface area contributed by atoms with Gasteiger partial charge in [0.2, 0.25) is 0 Å². The van der Waals surface area contributed by atoms with Gasteiger partial charge in [-0.05, 0) is 19.2 Å². The number of hydrogen-bond acceptors (Lipinski definition) is 3. The summed E-state index contributed by atoms with van der Waals surface area (Å²) >= 11 is 0. The molecule has 0 saturated carbocycles. The number of hydrogen-bond donors (Lipinski definition) is 2. The van der Waals surface area contributed by atoms with Gasteiger partial charge in [0, 0.05) is 11.8 Å². The van der Waals surface area contributed by atoms with E-state index in [2.05, 4.69) is 22.1 Å². The van der Waals surface area contributed by atoms with Crippen molar-refractivity contribution in [2.75, 3.05) is 13.6 Å². The summed E-state index contributed by atoms with van der Waals surface area (Å²) in [5.41, 5.74) is 1.53. The van der Waals surface area contributed by atoms with Crippen LogP contribution in [0.5, 0.6) is 0 Å². The Morgan fingerprint density at radius 3 is 2.92 bits per heavy atom. The van der Waals surface area contributed by atoms with Crippen molar-refractivity contribution in [1.82, 2.24) is 10.3 Å². The van der Waals surface area contributed by atoms with Crippen LogP contribution in [-0.4, -0.2) is 23.7 Å². The zero-order chi connectivity index (χ0) is 9.52. The molecule has 1 heterocycles. The third-order valence-electron chi connectivity index (χ3n) is 1.48. The highest BCUT2D eigenvalue weighted by Crippen LogP contribution is 1.97. The Morgan fingerprint density at radius 1 is 1.54 bits per heavy atom. The maximum absolute atomic E-state index is 8.73. The van der Waals surface area contributed by atoms with Crippen LogP contribution in [0.4, 0.5) is 0 Å². The van der Waals surface area contributed by atoms with E-state index in [0.717, 1.165) is 5.56 Å². The summed E-state index contributed by atoms with van der Waals surface area (Å²) in [6, 6.07) is 3.62. The van der Waals surface area contributed by atoms with Crippen molar-refractivity contribution in [3.05, 3.63) is 29.6 Å². The van der Waals surface area contributed by atoms with Crippen molar-refractivity contribution < 1.29 is 5.11 Å². The highest BCUT2D eigenvalue weighted by atomic mass is 16.3. The van der Waals surface area contributed by atoms with E-state index in [9.17, 15) is 0 Å². The first-order valence-corrected chi connectivity index (χ1v) is 4.06. The fourth-order valence-electron chi connectivity index (χ4n) is 0.827. The van der Waals surface area contributed by atoms with Crippen LogP contribution in [0, 0.1) is 11.8 Å². The molecule has 1 aromatic rings. The van der Waals surface area contributed by atoms with Crippen LogP contribution in [0.3, 0.4) is 0 Å². The average Bonchev–Trinajstić information content (AvgIpc) is 2.19. The molecule has 0 saturated heterocycles. The Morgan fingerprint density at radius 2 is 2.38 bits per heavy atom. The van der Waals surface area contributed by atoms with E-state index in [1.165, 1.54) is 0 Å². The van der Waals surface area contributed by atoms with Gasteiger partial charge in [0.15, 0.2) is 0 Å². The molecule has 0 aromatic carbocycles. The first-order valence-electron chi connectivity index (χ1n) is 4.06. The molecule has 1 rings (SSSR count). The van der Waals surface area contributed by atoms with E-state index in [0.29, 0.717) is 12.2 Å². The minimum absolute atomic E-state index is 0.0236. The Labute approximate surface area is 77.8 Å². The van der Waals surface area contributed by atoms with Crippen molar-refractivity contribution in [3.63, 3.8) is 0 Å². The molecule has 13 heavy (non-hydrogen) atoms. The van der Waals surface area contributed by atoms with Gasteiger partial charge >= 0.3 is 0 Å². The van der Waals surface area contributed by atoms with Crippen LogP contribution in [0.2, 0.25) is 0 Å². The van der Waals surface area contributed by atoms with E-state index in [-0.39, 0.29) is 6.61 Å². The predicted octanol–water partition coefficient (Wildman–Crippen LogP) is 0.145. The van der Waals surface area contributed by atoms with Crippen LogP contribution in [0.1, 0.15) is 11.3 Å². The van der Waals surface area contributed by atoms with E-state index in [1.54, 1.807) is 12.3 Å². The Hall–Kier alpha value is -1.37. The van der Waals surface area contributed by atoms with Gasteiger partial charge in [-0.1, -0.05) is 11.8 Å². The molecule has 3 nitrogen and oxygen atoms in total. The molecule has 0 aliphatic rings. The second kappa shape index (κ2) is 5.31. The van der Waals surface area contributed by atoms with Crippen LogP contribution in [0.25, 0.3) is 0 Å². The summed E-state index contributed by atoms with van der Waals surface area (Å²) in [6.45, 7) is 0.645. The predicted molar refractivity (Wildman–Crippen MR) is 51.0 cm³/mol. The Kier molecular flexibility index (Phi) is 3.97. The minimum Gasteiger partial charge on any atom is -0.390 e. The molecule has 0 radical (unpaired) electrons. The standard InChI is InChI=1S/C10H12N2O/c1-11-6-2-3-9-4-5-10(8-13)12-7-9/h4-5,7,11,13H,6,8H2,1H3. The average molecular weight is 176 g/mol. The summed E-state index contributed by atoms with van der Waals surface area (Å²) in [7, 11) is 1.85. The number of aliphatic hydroxyl groups excluding tert-OH is 1. The fourth-order valence-corrected chi connectivity index (χ4v) is 0.827. The Bertz CT molecular complexity index is 308. The smallest absolute Gasteiger partial charge is 0.0852 e. The summed E-state index contributed by atoms with van der Waals surface area (Å²) in [5, 5.41) is 11.7. The van der Waals surface area contributed by atoms with E-state index in [1.807, 2.05) is 13.1 Å². The van der Waals surface area contributed by atoms with Crippen LogP contribution >= 0.6 is 0 Å². The van der Waals surface area contributed by atoms with Crippen LogP contribution in [-0.2, 0) is 6.61 Å². The van der Waals surface area contributed by atoms with Gasteiger partial charge in [-0.3, -0.25) is 4.98 Å². The number of aromatic nitrogens is 1. The van der Waals surface area contributed by atoms with Gasteiger partial charge < -0.3 is 10.4 Å². The molecule has 0 aliphatic heterocycles. The number of pyridine rings is 1. The van der Waals surface area contributed by atoms with Gasteiger partial charge in [0.05, 0.1) is 18.8 Å². The lowest BCUT2D eigenvalue weighted by Gasteiger charge is -1.93. The number of rotatable bonds is 2. The van der Waals surface area contributed by atoms with E-state index in [4.69, 9.17) is 5.11 Å². The summed E-state index contributed by atoms with van der Waals surface area (Å²) < 4.78 is 0. The topological polar surface area (TPSA) is 45.1 Å². The minimum atomic E-state index is -0.0236. The summed E-state index contributed by atoms with van der Waals surface area (Å²) in [4.78, 5) is 4.00. The van der Waals surface area contributed by atoms with Gasteiger partial charge in [-0.15, -0.1) is 0 Å². The molecule has 3 heteroatoms. The van der Waals surface area contributed by atoms with Crippen molar-refractivity contribution in [1.29, 1.82) is 0 Å². The molecule has 0 atom stereocenters. The SMILES string of the molecule is CNCC#Cc1ccc(CO)nc1. The van der Waals surface area contributed by atoms with Gasteiger partial charge in [0.25, 0.3) is 0 Å². The van der Waals surface area contributed by atoms with Crippen molar-refractivity contribution in [2.24, 2.45) is 0 Å². The van der Waals surface area contributed by atoms with Crippen molar-refractivity contribution in [3.8, 4) is 11.8 Å². The second-order valence-electron chi connectivity index (χ2n) is 2.53. The van der Waals surface area contributed by atoms with Gasteiger partial charge in [-0.25, -0.2) is 0 Å². The highest BCUT2D eigenvalue weighted by molar-refractivity contribution is 5.32. The molecular weight excluding hydrogens is 164 g/mol. The first-order chi connectivity index (χ1) is 6.36. The normalized spacial score (nSPS) is 9.08. The number of nitrogens with zero attached hydrogens (tertiary/aromatic N) is 1. The zero-order valence-electron chi connectivity index (χ0n) is 7.54. The monoisotopic (exact) mass is 176 g/mol. The molecule has 0 bridgehead atoms. The summed E-state index contributed by atoms with van der Waals surface area (Å²) in [6.07, 6.45) is 1.66. The van der Waals surface area contributed by atoms with E-state index >= 15 is 0 Å². The maximum atomic E-state index is 8.73. The third kappa shape index (κ3) is 3.24. The number of aliphatic hydroxyl groups is 1. The molecule has 0 amide bonds. The third-order valence-corrected chi connectivity index (χ3v) is 1.48. The first kappa shape index (κ1) is 9.72. The lowest BCUT2D eigenvalue weighted by molar-refractivity contribution is 0.277. The fraction of sp³-hybridized carbons (Fsp3) is 0.300. The molecule has 1 aromatic heterocycles. The molecule has 0 spiro atoms. The quantitative estimate of drug-likeness (QED) is 0.630. The zero-order valence-corrected chi connectivity index (χ0v) is 7.54. The lowest BCUT2D eigenvalue weighted by atomic mass is 10.2. The van der Waals surface area contributed by atoms with Crippen molar-refractivity contribution in [2.45, 2.75) is 6.61 Å². The van der Waals surface area contributed by atoms with E-state index < -0.39 is 0 Å². The molecule has 0 unspecified atom stereocenters. The van der Waals surface area contributed by atoms with Gasteiger partial charge in [0.1, 0.15) is 0 Å². The molecular formula is C10H12N2O. The lowest BCUT2D eigenvalue weighted by Crippen LogP contribution is -2.04. The maximum Gasteiger partial charge on any atom is 0.0852 e. The van der Waals surface area contributed by atoms with Crippen LogP contribution in [0.15, 0.2) is 18.3 Å². The largest absolute Gasteiger partial charge is 0.390 e. The highest BCUT2D eigenvalue weighted by Gasteiger charge is 1.90.